The van der Waals surface area contributed by atoms with E-state index >= 15 is 0 Å². The van der Waals surface area contributed by atoms with Gasteiger partial charge in [0, 0.05) is 29.3 Å². The van der Waals surface area contributed by atoms with Crippen molar-refractivity contribution >= 4 is 29.4 Å². The van der Waals surface area contributed by atoms with Crippen molar-refractivity contribution in [1.82, 2.24) is 25.5 Å². The van der Waals surface area contributed by atoms with Crippen molar-refractivity contribution in [3.8, 4) is 11.3 Å². The summed E-state index contributed by atoms with van der Waals surface area (Å²) in [5.41, 5.74) is 2.31. The normalized spacial score (nSPS) is 12.9. The average Bonchev–Trinajstić information content (AvgIpc) is 2.87. The molecule has 206 valence electrons. The van der Waals surface area contributed by atoms with Gasteiger partial charge in [-0.05, 0) is 77.7 Å². The van der Waals surface area contributed by atoms with Crippen LogP contribution in [0.25, 0.3) is 11.3 Å². The molecule has 1 aromatic heterocycles. The van der Waals surface area contributed by atoms with Crippen LogP contribution in [-0.2, 0) is 6.54 Å². The quantitative estimate of drug-likeness (QED) is 0.345. The monoisotopic (exact) mass is 537 g/mol. The number of nitrogens with zero attached hydrogens (tertiary/aromatic N) is 4. The Bertz CT molecular complexity index is 1370. The summed E-state index contributed by atoms with van der Waals surface area (Å²) in [5.74, 6) is -1.77. The van der Waals surface area contributed by atoms with Gasteiger partial charge in [0.1, 0.15) is 17.3 Å². The minimum Gasteiger partial charge on any atom is -0.354 e. The van der Waals surface area contributed by atoms with E-state index in [9.17, 15) is 18.4 Å². The van der Waals surface area contributed by atoms with E-state index in [2.05, 4.69) is 20.9 Å². The first-order valence-electron chi connectivity index (χ1n) is 12.8. The fourth-order valence-corrected chi connectivity index (χ4v) is 4.33. The number of hydrogen-bond donors (Lipinski definition) is 3. The van der Waals surface area contributed by atoms with Gasteiger partial charge in [-0.3, -0.25) is 4.79 Å². The highest BCUT2D eigenvalue weighted by atomic mass is 19.1. The predicted octanol–water partition coefficient (Wildman–Crippen LogP) is 4.59. The molecule has 0 unspecified atom stereocenters. The molecule has 0 spiro atoms. The van der Waals surface area contributed by atoms with Crippen LogP contribution in [0.4, 0.5) is 31.0 Å². The van der Waals surface area contributed by atoms with E-state index in [0.717, 1.165) is 35.6 Å². The molecule has 1 aliphatic heterocycles. The lowest BCUT2D eigenvalue weighted by Gasteiger charge is -2.31. The second-order valence-electron chi connectivity index (χ2n) is 10.0. The molecule has 4 rings (SSSR count). The number of carbonyl (C=O) groups is 2. The minimum atomic E-state index is -0.901. The van der Waals surface area contributed by atoms with Crippen LogP contribution >= 0.6 is 0 Å². The zero-order valence-corrected chi connectivity index (χ0v) is 22.7. The molecule has 2 aromatic carbocycles. The Hall–Kier alpha value is -4.12. The van der Waals surface area contributed by atoms with Crippen molar-refractivity contribution in [2.75, 3.05) is 37.4 Å². The number of anilines is 3. The van der Waals surface area contributed by atoms with Crippen LogP contribution in [0.3, 0.4) is 0 Å². The van der Waals surface area contributed by atoms with E-state index in [4.69, 9.17) is 4.98 Å². The third-order valence-corrected chi connectivity index (χ3v) is 6.22. The van der Waals surface area contributed by atoms with Crippen LogP contribution in [0.5, 0.6) is 0 Å². The average molecular weight is 538 g/mol. The number of benzene rings is 2. The largest absolute Gasteiger partial charge is 0.354 e. The molecule has 3 amide bonds. The lowest BCUT2D eigenvalue weighted by atomic mass is 9.97. The zero-order valence-electron chi connectivity index (χ0n) is 22.7. The highest BCUT2D eigenvalue weighted by molar-refractivity contribution is 6.02. The lowest BCUT2D eigenvalue weighted by molar-refractivity contribution is 0.0943. The number of urea groups is 1. The maximum Gasteiger partial charge on any atom is 0.328 e. The Labute approximate surface area is 226 Å². The van der Waals surface area contributed by atoms with E-state index in [1.165, 1.54) is 6.07 Å². The van der Waals surface area contributed by atoms with Crippen molar-refractivity contribution in [3.05, 3.63) is 64.7 Å². The summed E-state index contributed by atoms with van der Waals surface area (Å²) in [7, 11) is 3.94. The van der Waals surface area contributed by atoms with Crippen LogP contribution in [-0.4, -0.2) is 60.0 Å². The number of aryl methyl sites for hydroxylation is 1. The molecule has 3 aromatic rings. The number of rotatable bonds is 9. The van der Waals surface area contributed by atoms with E-state index < -0.39 is 23.4 Å². The van der Waals surface area contributed by atoms with Gasteiger partial charge in [-0.15, -0.1) is 0 Å². The Morgan fingerprint density at radius 3 is 2.54 bits per heavy atom. The molecule has 0 radical (unpaired) electrons. The van der Waals surface area contributed by atoms with Crippen LogP contribution in [0.15, 0.2) is 36.4 Å². The molecule has 0 aliphatic carbocycles. The number of para-hydroxylation sites is 1. The van der Waals surface area contributed by atoms with Crippen LogP contribution in [0.2, 0.25) is 0 Å². The van der Waals surface area contributed by atoms with E-state index in [-0.39, 0.29) is 30.3 Å². The Morgan fingerprint density at radius 1 is 1.15 bits per heavy atom. The third-order valence-electron chi connectivity index (χ3n) is 6.22. The lowest BCUT2D eigenvalue weighted by Crippen LogP contribution is -2.43. The van der Waals surface area contributed by atoms with Crippen molar-refractivity contribution in [2.45, 2.75) is 39.8 Å². The van der Waals surface area contributed by atoms with Gasteiger partial charge in [-0.1, -0.05) is 12.1 Å². The molecule has 3 N–H and O–H groups in total. The van der Waals surface area contributed by atoms with Crippen molar-refractivity contribution in [2.24, 2.45) is 0 Å². The number of aromatic nitrogens is 2. The molecule has 39 heavy (non-hydrogen) atoms. The maximum atomic E-state index is 14.9. The number of amides is 3. The smallest absolute Gasteiger partial charge is 0.328 e. The van der Waals surface area contributed by atoms with Crippen LogP contribution < -0.4 is 20.9 Å². The molecule has 0 fully saturated rings. The van der Waals surface area contributed by atoms with Crippen molar-refractivity contribution < 1.29 is 18.4 Å². The van der Waals surface area contributed by atoms with Crippen molar-refractivity contribution in [1.29, 1.82) is 0 Å². The van der Waals surface area contributed by atoms with Gasteiger partial charge in [0.15, 0.2) is 5.82 Å². The Balaban J connectivity index is 1.88. The summed E-state index contributed by atoms with van der Waals surface area (Å²) in [6, 6.07) is 7.93. The Morgan fingerprint density at radius 2 is 1.87 bits per heavy atom. The first-order valence-corrected chi connectivity index (χ1v) is 12.8. The highest BCUT2D eigenvalue weighted by Crippen LogP contribution is 2.39. The van der Waals surface area contributed by atoms with Crippen LogP contribution in [0.1, 0.15) is 41.8 Å². The highest BCUT2D eigenvalue weighted by Gasteiger charge is 2.34. The van der Waals surface area contributed by atoms with E-state index in [1.54, 1.807) is 12.1 Å². The van der Waals surface area contributed by atoms with Gasteiger partial charge in [-0.2, -0.15) is 4.98 Å². The van der Waals surface area contributed by atoms with Gasteiger partial charge in [-0.25, -0.2) is 23.5 Å². The summed E-state index contributed by atoms with van der Waals surface area (Å²) in [4.78, 5) is 38.1. The zero-order chi connectivity index (χ0) is 28.3. The molecule has 0 atom stereocenters. The maximum absolute atomic E-state index is 14.9. The molecule has 11 heteroatoms. The summed E-state index contributed by atoms with van der Waals surface area (Å²) >= 11 is 0. The standard InChI is InChI=1S/C28H33F2N7O2/c1-16(2)33-26(38)18-11-10-17(3)19(14-18)23-20-15-32-28(39)37(24-21(29)8-6-9-22(24)30)25(20)35-27(34-23)31-12-7-13-36(4)5/h6,8-11,14,16H,7,12-13,15H2,1-5H3,(H,32,39)(H,33,38)(H,31,34,35). The van der Waals surface area contributed by atoms with Gasteiger partial charge >= 0.3 is 6.03 Å². The van der Waals surface area contributed by atoms with E-state index in [0.29, 0.717) is 28.9 Å². The van der Waals surface area contributed by atoms with Gasteiger partial charge in [0.05, 0.1) is 12.2 Å². The second-order valence-corrected chi connectivity index (χ2v) is 10.0. The van der Waals surface area contributed by atoms with Crippen LogP contribution in [0, 0.1) is 18.6 Å². The molecule has 2 heterocycles. The number of fused-ring (bicyclic) bond motifs is 1. The summed E-state index contributed by atoms with van der Waals surface area (Å²) in [5, 5.41) is 8.76. The SMILES string of the molecule is Cc1ccc(C(=O)NC(C)C)cc1-c1nc(NCCCN(C)C)nc2c1CNC(=O)N2c1c(F)cccc1F. The third kappa shape index (κ3) is 6.14. The molecular formula is C28H33F2N7O2. The van der Waals surface area contributed by atoms with Crippen molar-refractivity contribution in [3.63, 3.8) is 0 Å². The van der Waals surface area contributed by atoms with Gasteiger partial charge in [0.2, 0.25) is 5.95 Å². The van der Waals surface area contributed by atoms with Gasteiger partial charge in [0.25, 0.3) is 5.91 Å². The Kier molecular flexibility index (Phi) is 8.39. The fourth-order valence-electron chi connectivity index (χ4n) is 4.33. The molecule has 0 bridgehead atoms. The molecular weight excluding hydrogens is 504 g/mol. The molecule has 9 nitrogen and oxygen atoms in total. The first kappa shape index (κ1) is 27.9. The predicted molar refractivity (Wildman–Crippen MR) is 147 cm³/mol. The van der Waals surface area contributed by atoms with E-state index in [1.807, 2.05) is 45.8 Å². The van der Waals surface area contributed by atoms with Gasteiger partial charge < -0.3 is 20.9 Å². The summed E-state index contributed by atoms with van der Waals surface area (Å²) in [6.07, 6.45) is 0.790. The summed E-state index contributed by atoms with van der Waals surface area (Å²) in [6.45, 7) is 7.04. The topological polar surface area (TPSA) is 102 Å². The number of carbonyl (C=O) groups excluding carboxylic acids is 2. The first-order chi connectivity index (χ1) is 18.6. The molecule has 0 saturated heterocycles. The fraction of sp³-hybridized carbons (Fsp3) is 0.357. The number of nitrogens with one attached hydrogen (secondary N) is 3. The number of halogens is 2. The molecule has 0 saturated carbocycles. The minimum absolute atomic E-state index is 0.0405. The molecule has 1 aliphatic rings. The second kappa shape index (κ2) is 11.7. The number of hydrogen-bond acceptors (Lipinski definition) is 6. The summed E-state index contributed by atoms with van der Waals surface area (Å²) < 4.78 is 29.8.